The Kier molecular flexibility index (Phi) is 6.94. The number of unbranched alkanes of at least 4 members (excludes halogenated alkanes) is 1. The number of amides is 1. The first-order valence-electron chi connectivity index (χ1n) is 6.82. The maximum absolute atomic E-state index is 11.9. The van der Waals surface area contributed by atoms with Crippen LogP contribution >= 0.6 is 0 Å². The monoisotopic (exact) mass is 239 g/mol. The number of morpholine rings is 1. The van der Waals surface area contributed by atoms with Crippen molar-refractivity contribution in [3.05, 3.63) is 12.2 Å². The number of rotatable bonds is 6. The molecule has 0 aromatic heterocycles. The Labute approximate surface area is 105 Å². The smallest absolute Gasteiger partial charge is 0.246 e. The zero-order chi connectivity index (χ0) is 12.5. The van der Waals surface area contributed by atoms with E-state index < -0.39 is 0 Å². The largest absolute Gasteiger partial charge is 0.378 e. The van der Waals surface area contributed by atoms with E-state index in [1.807, 2.05) is 4.90 Å². The van der Waals surface area contributed by atoms with Crippen LogP contribution in [0.2, 0.25) is 0 Å². The van der Waals surface area contributed by atoms with Gasteiger partial charge in [0.1, 0.15) is 0 Å². The molecular weight excluding hydrogens is 214 g/mol. The van der Waals surface area contributed by atoms with Crippen LogP contribution in [0.25, 0.3) is 0 Å². The van der Waals surface area contributed by atoms with E-state index in [4.69, 9.17) is 4.74 Å². The van der Waals surface area contributed by atoms with Crippen LogP contribution in [0, 0.1) is 5.92 Å². The normalized spacial score (nSPS) is 18.6. The molecule has 0 spiro atoms. The number of nitrogens with zero attached hydrogens (tertiary/aromatic N) is 1. The number of allylic oxidation sites excluding steroid dienone is 1. The summed E-state index contributed by atoms with van der Waals surface area (Å²) in [6.07, 6.45) is 8.63. The standard InChI is InChI=1S/C14H25NO2/c1-3-5-6-13(4-2)7-8-14(16)15-9-11-17-12-10-15/h7-8,13H,3-6,9-12H2,1-2H3/b8-7-. The Morgan fingerprint density at radius 2 is 2.06 bits per heavy atom. The Balaban J connectivity index is 2.36. The third-order valence-corrected chi connectivity index (χ3v) is 3.29. The van der Waals surface area contributed by atoms with Crippen molar-refractivity contribution < 1.29 is 9.53 Å². The molecule has 0 aromatic rings. The topological polar surface area (TPSA) is 29.5 Å². The highest BCUT2D eigenvalue weighted by Gasteiger charge is 2.14. The number of ether oxygens (including phenoxy) is 1. The summed E-state index contributed by atoms with van der Waals surface area (Å²) in [6, 6.07) is 0. The molecule has 0 bridgehead atoms. The van der Waals surface area contributed by atoms with Crippen molar-refractivity contribution in [2.45, 2.75) is 39.5 Å². The van der Waals surface area contributed by atoms with Crippen LogP contribution in [0.5, 0.6) is 0 Å². The number of carbonyl (C=O) groups excluding carboxylic acids is 1. The van der Waals surface area contributed by atoms with Gasteiger partial charge in [0.15, 0.2) is 0 Å². The van der Waals surface area contributed by atoms with Crippen molar-refractivity contribution >= 4 is 5.91 Å². The summed E-state index contributed by atoms with van der Waals surface area (Å²) in [7, 11) is 0. The third kappa shape index (κ3) is 5.35. The second kappa shape index (κ2) is 8.29. The number of hydrogen-bond acceptors (Lipinski definition) is 2. The SMILES string of the molecule is CCCCC(/C=C\C(=O)N1CCOCC1)CC. The average Bonchev–Trinajstić information content (AvgIpc) is 2.39. The number of hydrogen-bond donors (Lipinski definition) is 0. The van der Waals surface area contributed by atoms with Crippen LogP contribution in [0.4, 0.5) is 0 Å². The molecule has 1 rings (SSSR count). The van der Waals surface area contributed by atoms with E-state index >= 15 is 0 Å². The lowest BCUT2D eigenvalue weighted by Crippen LogP contribution is -2.39. The fourth-order valence-corrected chi connectivity index (χ4v) is 2.01. The molecule has 1 heterocycles. The number of carbonyl (C=O) groups is 1. The average molecular weight is 239 g/mol. The van der Waals surface area contributed by atoms with E-state index in [0.717, 1.165) is 19.5 Å². The molecule has 0 N–H and O–H groups in total. The fraction of sp³-hybridized carbons (Fsp3) is 0.786. The lowest BCUT2D eigenvalue weighted by Gasteiger charge is -2.25. The minimum atomic E-state index is 0.142. The molecule has 0 aromatic carbocycles. The van der Waals surface area contributed by atoms with Crippen LogP contribution in [-0.4, -0.2) is 37.1 Å². The van der Waals surface area contributed by atoms with Crippen LogP contribution < -0.4 is 0 Å². The predicted molar refractivity (Wildman–Crippen MR) is 69.8 cm³/mol. The van der Waals surface area contributed by atoms with Gasteiger partial charge in [0, 0.05) is 13.1 Å². The quantitative estimate of drug-likeness (QED) is 0.667. The van der Waals surface area contributed by atoms with Crippen molar-refractivity contribution in [3.8, 4) is 0 Å². The van der Waals surface area contributed by atoms with Crippen LogP contribution in [-0.2, 0) is 9.53 Å². The van der Waals surface area contributed by atoms with Gasteiger partial charge in [-0.05, 0) is 24.8 Å². The lowest BCUT2D eigenvalue weighted by molar-refractivity contribution is -0.130. The maximum Gasteiger partial charge on any atom is 0.246 e. The Hall–Kier alpha value is -0.830. The summed E-state index contributed by atoms with van der Waals surface area (Å²) < 4.78 is 5.23. The lowest BCUT2D eigenvalue weighted by atomic mass is 9.99. The van der Waals surface area contributed by atoms with Gasteiger partial charge < -0.3 is 9.64 Å². The summed E-state index contributed by atoms with van der Waals surface area (Å²) >= 11 is 0. The highest BCUT2D eigenvalue weighted by atomic mass is 16.5. The molecule has 3 nitrogen and oxygen atoms in total. The molecule has 1 saturated heterocycles. The zero-order valence-electron chi connectivity index (χ0n) is 11.2. The van der Waals surface area contributed by atoms with Gasteiger partial charge >= 0.3 is 0 Å². The van der Waals surface area contributed by atoms with Crippen LogP contribution in [0.15, 0.2) is 12.2 Å². The zero-order valence-corrected chi connectivity index (χ0v) is 11.2. The minimum absolute atomic E-state index is 0.142. The molecule has 3 heteroatoms. The van der Waals surface area contributed by atoms with Crippen molar-refractivity contribution in [2.24, 2.45) is 5.92 Å². The molecular formula is C14H25NO2. The Bertz CT molecular complexity index is 245. The molecule has 1 aliphatic rings. The van der Waals surface area contributed by atoms with E-state index in [1.165, 1.54) is 19.3 Å². The fourth-order valence-electron chi connectivity index (χ4n) is 2.01. The molecule has 98 valence electrons. The first-order valence-corrected chi connectivity index (χ1v) is 6.82. The molecule has 1 aliphatic heterocycles. The second-order valence-corrected chi connectivity index (χ2v) is 4.61. The molecule has 17 heavy (non-hydrogen) atoms. The summed E-state index contributed by atoms with van der Waals surface area (Å²) in [5.74, 6) is 0.697. The highest BCUT2D eigenvalue weighted by Crippen LogP contribution is 2.14. The molecule has 1 fully saturated rings. The van der Waals surface area contributed by atoms with Gasteiger partial charge in [-0.15, -0.1) is 0 Å². The summed E-state index contributed by atoms with van der Waals surface area (Å²) in [5, 5.41) is 0. The minimum Gasteiger partial charge on any atom is -0.378 e. The van der Waals surface area contributed by atoms with E-state index in [0.29, 0.717) is 19.1 Å². The Morgan fingerprint density at radius 1 is 1.35 bits per heavy atom. The van der Waals surface area contributed by atoms with E-state index in [9.17, 15) is 4.79 Å². The van der Waals surface area contributed by atoms with Gasteiger partial charge in [0.05, 0.1) is 13.2 Å². The molecule has 1 atom stereocenters. The summed E-state index contributed by atoms with van der Waals surface area (Å²) in [4.78, 5) is 13.7. The first kappa shape index (κ1) is 14.2. The van der Waals surface area contributed by atoms with Crippen molar-refractivity contribution in [3.63, 3.8) is 0 Å². The molecule has 0 aliphatic carbocycles. The van der Waals surface area contributed by atoms with Gasteiger partial charge in [-0.2, -0.15) is 0 Å². The van der Waals surface area contributed by atoms with E-state index in [2.05, 4.69) is 19.9 Å². The Morgan fingerprint density at radius 3 is 2.65 bits per heavy atom. The van der Waals surface area contributed by atoms with Crippen molar-refractivity contribution in [1.29, 1.82) is 0 Å². The molecule has 1 unspecified atom stereocenters. The van der Waals surface area contributed by atoms with Gasteiger partial charge in [0.25, 0.3) is 0 Å². The second-order valence-electron chi connectivity index (χ2n) is 4.61. The predicted octanol–water partition coefficient (Wildman–Crippen LogP) is 2.62. The van der Waals surface area contributed by atoms with Gasteiger partial charge in [-0.3, -0.25) is 4.79 Å². The van der Waals surface area contributed by atoms with Crippen LogP contribution in [0.1, 0.15) is 39.5 Å². The third-order valence-electron chi connectivity index (χ3n) is 3.29. The highest BCUT2D eigenvalue weighted by molar-refractivity contribution is 5.87. The van der Waals surface area contributed by atoms with E-state index in [-0.39, 0.29) is 5.91 Å². The van der Waals surface area contributed by atoms with Gasteiger partial charge in [-0.25, -0.2) is 0 Å². The summed E-state index contributed by atoms with van der Waals surface area (Å²) in [5.41, 5.74) is 0. The van der Waals surface area contributed by atoms with Crippen molar-refractivity contribution in [1.82, 2.24) is 4.90 Å². The molecule has 1 amide bonds. The summed E-state index contributed by atoms with van der Waals surface area (Å²) in [6.45, 7) is 7.20. The van der Waals surface area contributed by atoms with E-state index in [1.54, 1.807) is 6.08 Å². The van der Waals surface area contributed by atoms with Crippen molar-refractivity contribution in [2.75, 3.05) is 26.3 Å². The first-order chi connectivity index (χ1) is 8.27. The van der Waals surface area contributed by atoms with Crippen LogP contribution in [0.3, 0.4) is 0 Å². The molecule has 0 saturated carbocycles. The maximum atomic E-state index is 11.9. The van der Waals surface area contributed by atoms with Gasteiger partial charge in [0.2, 0.25) is 5.91 Å². The van der Waals surface area contributed by atoms with Gasteiger partial charge in [-0.1, -0.05) is 32.8 Å². The molecule has 0 radical (unpaired) electrons.